The Kier molecular flexibility index (Phi) is 4.67. The van der Waals surface area contributed by atoms with Crippen LogP contribution in [0.25, 0.3) is 65.7 Å². The predicted octanol–water partition coefficient (Wildman–Crippen LogP) is 10.8. The Labute approximate surface area is 229 Å². The third-order valence-electron chi connectivity index (χ3n) is 8.85. The Bertz CT molecular complexity index is 2060. The van der Waals surface area contributed by atoms with Gasteiger partial charge in [-0.2, -0.15) is 0 Å². The summed E-state index contributed by atoms with van der Waals surface area (Å²) in [6.45, 7) is 4.74. The van der Waals surface area contributed by atoms with Crippen molar-refractivity contribution in [1.82, 2.24) is 0 Å². The summed E-state index contributed by atoms with van der Waals surface area (Å²) in [5, 5.41) is 7.86. The monoisotopic (exact) mass is 496 g/mol. The van der Waals surface area contributed by atoms with Gasteiger partial charge in [-0.25, -0.2) is 0 Å². The molecule has 0 aliphatic heterocycles. The molecule has 0 heterocycles. The summed E-state index contributed by atoms with van der Waals surface area (Å²) in [6, 6.07) is 49.3. The van der Waals surface area contributed by atoms with Gasteiger partial charge in [0.2, 0.25) is 0 Å². The lowest BCUT2D eigenvalue weighted by Crippen LogP contribution is -2.16. The predicted molar refractivity (Wildman–Crippen MR) is 167 cm³/mol. The van der Waals surface area contributed by atoms with Crippen LogP contribution in [0.5, 0.6) is 0 Å². The molecular weight excluding hydrogens is 468 g/mol. The number of rotatable bonds is 2. The number of benzene rings is 7. The van der Waals surface area contributed by atoms with Gasteiger partial charge < -0.3 is 0 Å². The smallest absolute Gasteiger partial charge is 0.0165 e. The lowest BCUT2D eigenvalue weighted by atomic mass is 9.78. The first-order chi connectivity index (χ1) is 19.1. The average Bonchev–Trinajstić information content (AvgIpc) is 3.24. The summed E-state index contributed by atoms with van der Waals surface area (Å²) in [5.74, 6) is 0. The van der Waals surface area contributed by atoms with Gasteiger partial charge in [0, 0.05) is 5.41 Å². The summed E-state index contributed by atoms with van der Waals surface area (Å²) in [6.07, 6.45) is 0. The fourth-order valence-electron chi connectivity index (χ4n) is 7.12. The molecule has 0 radical (unpaired) electrons. The minimum atomic E-state index is -0.0614. The Morgan fingerprint density at radius 1 is 0.359 bits per heavy atom. The summed E-state index contributed by atoms with van der Waals surface area (Å²) in [4.78, 5) is 0. The summed E-state index contributed by atoms with van der Waals surface area (Å²) in [5.41, 5.74) is 10.6. The maximum Gasteiger partial charge on any atom is 0.0165 e. The zero-order chi connectivity index (χ0) is 26.1. The molecule has 0 aromatic heterocycles. The maximum absolute atomic E-state index is 2.41. The summed E-state index contributed by atoms with van der Waals surface area (Å²) in [7, 11) is 0. The first-order valence-corrected chi connectivity index (χ1v) is 13.8. The molecule has 184 valence electrons. The van der Waals surface area contributed by atoms with Crippen molar-refractivity contribution < 1.29 is 0 Å². The van der Waals surface area contributed by atoms with E-state index < -0.39 is 0 Å². The van der Waals surface area contributed by atoms with E-state index in [1.54, 1.807) is 0 Å². The standard InChI is InChI=1S/C39H28/c1-39(2)37-21-10-9-18-33(37)35-20-11-19-34(38(35)39)27-13-4-3-12-26(27)25-22-23-32-30-16-6-5-14-28(30)29-15-7-8-17-31(29)36(32)24-25/h3-24H,1-2H3. The van der Waals surface area contributed by atoms with E-state index in [9.17, 15) is 0 Å². The molecule has 39 heavy (non-hydrogen) atoms. The van der Waals surface area contributed by atoms with Gasteiger partial charge in [-0.15, -0.1) is 0 Å². The van der Waals surface area contributed by atoms with Crippen molar-refractivity contribution in [1.29, 1.82) is 0 Å². The largest absolute Gasteiger partial charge is 0.0619 e. The van der Waals surface area contributed by atoms with E-state index in [0.717, 1.165) is 0 Å². The molecule has 8 rings (SSSR count). The lowest BCUT2D eigenvalue weighted by molar-refractivity contribution is 0.662. The summed E-state index contributed by atoms with van der Waals surface area (Å²) >= 11 is 0. The van der Waals surface area contributed by atoms with Crippen molar-refractivity contribution >= 4 is 32.3 Å². The zero-order valence-corrected chi connectivity index (χ0v) is 22.2. The molecule has 1 aliphatic carbocycles. The Morgan fingerprint density at radius 2 is 0.821 bits per heavy atom. The molecule has 7 aromatic carbocycles. The van der Waals surface area contributed by atoms with Gasteiger partial charge in [-0.1, -0.05) is 141 Å². The second-order valence-electron chi connectivity index (χ2n) is 11.3. The fraction of sp³-hybridized carbons (Fsp3) is 0.0769. The molecule has 0 atom stereocenters. The molecule has 0 fully saturated rings. The number of hydrogen-bond acceptors (Lipinski definition) is 0. The van der Waals surface area contributed by atoms with E-state index in [1.807, 2.05) is 0 Å². The molecular formula is C39H28. The van der Waals surface area contributed by atoms with Crippen molar-refractivity contribution in [3.05, 3.63) is 145 Å². The van der Waals surface area contributed by atoms with Gasteiger partial charge in [-0.3, -0.25) is 0 Å². The topological polar surface area (TPSA) is 0 Å². The molecule has 1 aliphatic rings. The molecule has 0 saturated carbocycles. The molecule has 0 bridgehead atoms. The zero-order valence-electron chi connectivity index (χ0n) is 22.2. The highest BCUT2D eigenvalue weighted by Gasteiger charge is 2.37. The lowest BCUT2D eigenvalue weighted by Gasteiger charge is -2.25. The highest BCUT2D eigenvalue weighted by molar-refractivity contribution is 6.25. The van der Waals surface area contributed by atoms with Gasteiger partial charge in [0.15, 0.2) is 0 Å². The van der Waals surface area contributed by atoms with Crippen LogP contribution in [0.2, 0.25) is 0 Å². The minimum absolute atomic E-state index is 0.0614. The summed E-state index contributed by atoms with van der Waals surface area (Å²) < 4.78 is 0. The van der Waals surface area contributed by atoms with E-state index in [0.29, 0.717) is 0 Å². The van der Waals surface area contributed by atoms with Crippen LogP contribution in [-0.2, 0) is 5.41 Å². The molecule has 0 heteroatoms. The Balaban J connectivity index is 1.40. The molecule has 7 aromatic rings. The van der Waals surface area contributed by atoms with E-state index in [-0.39, 0.29) is 5.41 Å². The molecule has 0 nitrogen and oxygen atoms in total. The van der Waals surface area contributed by atoms with Crippen molar-refractivity contribution in [2.75, 3.05) is 0 Å². The van der Waals surface area contributed by atoms with Crippen molar-refractivity contribution in [3.8, 4) is 33.4 Å². The van der Waals surface area contributed by atoms with Gasteiger partial charge >= 0.3 is 0 Å². The third-order valence-corrected chi connectivity index (χ3v) is 8.85. The maximum atomic E-state index is 2.41. The van der Waals surface area contributed by atoms with Gasteiger partial charge in [0.05, 0.1) is 0 Å². The van der Waals surface area contributed by atoms with Crippen LogP contribution >= 0.6 is 0 Å². The second kappa shape index (κ2) is 8.16. The van der Waals surface area contributed by atoms with Crippen LogP contribution in [-0.4, -0.2) is 0 Å². The number of hydrogen-bond donors (Lipinski definition) is 0. The van der Waals surface area contributed by atoms with Crippen molar-refractivity contribution in [3.63, 3.8) is 0 Å². The molecule has 0 saturated heterocycles. The normalized spacial score (nSPS) is 13.6. The van der Waals surface area contributed by atoms with E-state index in [2.05, 4.69) is 147 Å². The molecule has 0 N–H and O–H groups in total. The molecule has 0 spiro atoms. The van der Waals surface area contributed by atoms with Gasteiger partial charge in [0.1, 0.15) is 0 Å². The minimum Gasteiger partial charge on any atom is -0.0619 e. The highest BCUT2D eigenvalue weighted by atomic mass is 14.4. The molecule has 0 unspecified atom stereocenters. The van der Waals surface area contributed by atoms with E-state index >= 15 is 0 Å². The van der Waals surface area contributed by atoms with Crippen LogP contribution in [0.3, 0.4) is 0 Å². The van der Waals surface area contributed by atoms with Gasteiger partial charge in [-0.05, 0) is 82.9 Å². The first kappa shape index (κ1) is 22.3. The SMILES string of the molecule is CC1(C)c2ccccc2-c2cccc(-c3ccccc3-c3ccc4c5ccccc5c5ccccc5c4c3)c21. The van der Waals surface area contributed by atoms with Crippen molar-refractivity contribution in [2.45, 2.75) is 19.3 Å². The van der Waals surface area contributed by atoms with E-state index in [1.165, 1.54) is 76.8 Å². The second-order valence-corrected chi connectivity index (χ2v) is 11.3. The number of fused-ring (bicyclic) bond motifs is 9. The van der Waals surface area contributed by atoms with E-state index in [4.69, 9.17) is 0 Å². The first-order valence-electron chi connectivity index (χ1n) is 13.8. The van der Waals surface area contributed by atoms with Crippen LogP contribution in [0.4, 0.5) is 0 Å². The van der Waals surface area contributed by atoms with Crippen LogP contribution in [0.1, 0.15) is 25.0 Å². The van der Waals surface area contributed by atoms with Crippen LogP contribution in [0, 0.1) is 0 Å². The Hall–Kier alpha value is -4.68. The highest BCUT2D eigenvalue weighted by Crippen LogP contribution is 2.53. The van der Waals surface area contributed by atoms with Crippen LogP contribution in [0.15, 0.2) is 133 Å². The average molecular weight is 497 g/mol. The van der Waals surface area contributed by atoms with Crippen LogP contribution < -0.4 is 0 Å². The third kappa shape index (κ3) is 3.12. The molecule has 0 amide bonds. The van der Waals surface area contributed by atoms with Crippen molar-refractivity contribution in [2.24, 2.45) is 0 Å². The Morgan fingerprint density at radius 3 is 1.49 bits per heavy atom. The van der Waals surface area contributed by atoms with Gasteiger partial charge in [0.25, 0.3) is 0 Å². The fourth-order valence-corrected chi connectivity index (χ4v) is 7.12. The quantitative estimate of drug-likeness (QED) is 0.209.